The van der Waals surface area contributed by atoms with Crippen LogP contribution in [0.1, 0.15) is 46.5 Å². The van der Waals surface area contributed by atoms with Crippen molar-refractivity contribution in [2.75, 3.05) is 33.2 Å². The third kappa shape index (κ3) is 3.93. The zero-order chi connectivity index (χ0) is 13.8. The Labute approximate surface area is 119 Å². The van der Waals surface area contributed by atoms with Crippen LogP contribution >= 0.6 is 0 Å². The second kappa shape index (κ2) is 7.05. The second-order valence-electron chi connectivity index (χ2n) is 6.85. The molecule has 0 bridgehead atoms. The van der Waals surface area contributed by atoms with Gasteiger partial charge in [-0.25, -0.2) is 0 Å². The first-order valence-electron chi connectivity index (χ1n) is 8.29. The third-order valence-electron chi connectivity index (χ3n) is 5.07. The molecule has 1 saturated carbocycles. The van der Waals surface area contributed by atoms with E-state index in [1.165, 1.54) is 45.3 Å². The Kier molecular flexibility index (Phi) is 5.67. The standard InChI is InChI=1S/C16H33N3/c1-5-17-15-8-7-13(2)11-16(15)19-10-6-9-18(4)12-14(19)3/h13-17H,5-12H2,1-4H3. The topological polar surface area (TPSA) is 18.5 Å². The Morgan fingerprint density at radius 2 is 1.95 bits per heavy atom. The van der Waals surface area contributed by atoms with Crippen LogP contribution in [-0.4, -0.2) is 61.2 Å². The molecule has 1 aliphatic carbocycles. The summed E-state index contributed by atoms with van der Waals surface area (Å²) in [5.74, 6) is 0.896. The molecule has 0 aromatic rings. The minimum absolute atomic E-state index is 0.698. The summed E-state index contributed by atoms with van der Waals surface area (Å²) in [4.78, 5) is 5.31. The molecular weight excluding hydrogens is 234 g/mol. The number of rotatable bonds is 3. The fourth-order valence-corrected chi connectivity index (χ4v) is 4.10. The summed E-state index contributed by atoms with van der Waals surface area (Å²) < 4.78 is 0. The quantitative estimate of drug-likeness (QED) is 0.845. The minimum atomic E-state index is 0.698. The summed E-state index contributed by atoms with van der Waals surface area (Å²) in [5, 5.41) is 3.75. The summed E-state index contributed by atoms with van der Waals surface area (Å²) in [5.41, 5.74) is 0. The molecule has 19 heavy (non-hydrogen) atoms. The molecule has 4 unspecified atom stereocenters. The molecule has 0 radical (unpaired) electrons. The summed E-state index contributed by atoms with van der Waals surface area (Å²) in [6.45, 7) is 12.0. The number of nitrogens with zero attached hydrogens (tertiary/aromatic N) is 2. The molecule has 2 fully saturated rings. The zero-order valence-electron chi connectivity index (χ0n) is 13.4. The molecule has 1 aliphatic heterocycles. The van der Waals surface area contributed by atoms with E-state index in [0.717, 1.165) is 18.5 Å². The van der Waals surface area contributed by atoms with E-state index in [2.05, 4.69) is 42.9 Å². The molecule has 4 atom stereocenters. The van der Waals surface area contributed by atoms with Crippen LogP contribution in [-0.2, 0) is 0 Å². The van der Waals surface area contributed by atoms with Crippen LogP contribution in [0.15, 0.2) is 0 Å². The Morgan fingerprint density at radius 3 is 2.68 bits per heavy atom. The van der Waals surface area contributed by atoms with Crippen molar-refractivity contribution in [2.24, 2.45) is 5.92 Å². The van der Waals surface area contributed by atoms with Crippen LogP contribution in [0.3, 0.4) is 0 Å². The van der Waals surface area contributed by atoms with E-state index in [9.17, 15) is 0 Å². The first kappa shape index (κ1) is 15.3. The first-order valence-corrected chi connectivity index (χ1v) is 8.29. The van der Waals surface area contributed by atoms with Gasteiger partial charge in [-0.1, -0.05) is 13.8 Å². The highest BCUT2D eigenvalue weighted by Gasteiger charge is 2.35. The van der Waals surface area contributed by atoms with Gasteiger partial charge in [-0.15, -0.1) is 0 Å². The fraction of sp³-hybridized carbons (Fsp3) is 1.00. The van der Waals surface area contributed by atoms with Gasteiger partial charge in [0.2, 0.25) is 0 Å². The van der Waals surface area contributed by atoms with Crippen molar-refractivity contribution >= 4 is 0 Å². The third-order valence-corrected chi connectivity index (χ3v) is 5.07. The van der Waals surface area contributed by atoms with Gasteiger partial charge in [0.05, 0.1) is 0 Å². The molecule has 1 N–H and O–H groups in total. The van der Waals surface area contributed by atoms with E-state index in [-0.39, 0.29) is 0 Å². The van der Waals surface area contributed by atoms with Crippen LogP contribution < -0.4 is 5.32 Å². The van der Waals surface area contributed by atoms with Crippen LogP contribution in [0, 0.1) is 5.92 Å². The first-order chi connectivity index (χ1) is 9.11. The lowest BCUT2D eigenvalue weighted by molar-refractivity contribution is 0.0710. The maximum atomic E-state index is 3.75. The van der Waals surface area contributed by atoms with E-state index in [0.29, 0.717) is 12.1 Å². The van der Waals surface area contributed by atoms with E-state index in [1.54, 1.807) is 0 Å². The van der Waals surface area contributed by atoms with Crippen molar-refractivity contribution in [2.45, 2.75) is 64.6 Å². The Hall–Kier alpha value is -0.120. The van der Waals surface area contributed by atoms with Gasteiger partial charge < -0.3 is 10.2 Å². The Balaban J connectivity index is 2.06. The predicted molar refractivity (Wildman–Crippen MR) is 82.5 cm³/mol. The SMILES string of the molecule is CCNC1CCC(C)CC1N1CCCN(C)CC1C. The summed E-state index contributed by atoms with van der Waals surface area (Å²) >= 11 is 0. The van der Waals surface area contributed by atoms with Gasteiger partial charge in [0, 0.05) is 31.2 Å². The molecule has 1 heterocycles. The second-order valence-corrected chi connectivity index (χ2v) is 6.85. The highest BCUT2D eigenvalue weighted by molar-refractivity contribution is 4.93. The fourth-order valence-electron chi connectivity index (χ4n) is 4.10. The van der Waals surface area contributed by atoms with Gasteiger partial charge in [0.25, 0.3) is 0 Å². The van der Waals surface area contributed by atoms with Gasteiger partial charge in [-0.2, -0.15) is 0 Å². The maximum absolute atomic E-state index is 3.75. The molecule has 1 saturated heterocycles. The van der Waals surface area contributed by atoms with Gasteiger partial charge in [0.1, 0.15) is 0 Å². The Bertz CT molecular complexity index is 269. The molecule has 0 aromatic carbocycles. The number of nitrogens with one attached hydrogen (secondary N) is 1. The van der Waals surface area contributed by atoms with Crippen LogP contribution in [0.4, 0.5) is 0 Å². The molecule has 3 nitrogen and oxygen atoms in total. The predicted octanol–water partition coefficient (Wildman–Crippen LogP) is 2.18. The van der Waals surface area contributed by atoms with Crippen molar-refractivity contribution in [1.82, 2.24) is 15.1 Å². The lowest BCUT2D eigenvalue weighted by Crippen LogP contribution is -2.56. The molecule has 0 amide bonds. The number of hydrogen-bond donors (Lipinski definition) is 1. The molecule has 2 aliphatic rings. The normalized spacial score (nSPS) is 39.2. The highest BCUT2D eigenvalue weighted by Crippen LogP contribution is 2.30. The molecule has 0 aromatic heterocycles. The molecular formula is C16H33N3. The number of hydrogen-bond acceptors (Lipinski definition) is 3. The summed E-state index contributed by atoms with van der Waals surface area (Å²) in [7, 11) is 2.27. The molecule has 112 valence electrons. The smallest absolute Gasteiger partial charge is 0.0255 e. The van der Waals surface area contributed by atoms with Crippen molar-refractivity contribution < 1.29 is 0 Å². The lowest BCUT2D eigenvalue weighted by Gasteiger charge is -2.44. The lowest BCUT2D eigenvalue weighted by atomic mass is 9.82. The average molecular weight is 267 g/mol. The number of likely N-dealkylation sites (N-methyl/N-ethyl adjacent to an activating group) is 2. The summed E-state index contributed by atoms with van der Waals surface area (Å²) in [6, 6.07) is 2.17. The maximum Gasteiger partial charge on any atom is 0.0255 e. The van der Waals surface area contributed by atoms with E-state index in [1.807, 2.05) is 0 Å². The van der Waals surface area contributed by atoms with Crippen LogP contribution in [0.25, 0.3) is 0 Å². The van der Waals surface area contributed by atoms with Gasteiger partial charge in [-0.3, -0.25) is 4.90 Å². The zero-order valence-corrected chi connectivity index (χ0v) is 13.4. The van der Waals surface area contributed by atoms with Gasteiger partial charge in [-0.05, 0) is 58.7 Å². The van der Waals surface area contributed by atoms with Crippen molar-refractivity contribution in [3.05, 3.63) is 0 Å². The average Bonchev–Trinajstić information content (AvgIpc) is 2.52. The van der Waals surface area contributed by atoms with Gasteiger partial charge >= 0.3 is 0 Å². The minimum Gasteiger partial charge on any atom is -0.313 e. The van der Waals surface area contributed by atoms with Crippen molar-refractivity contribution in [1.29, 1.82) is 0 Å². The largest absolute Gasteiger partial charge is 0.313 e. The van der Waals surface area contributed by atoms with Crippen molar-refractivity contribution in [3.63, 3.8) is 0 Å². The van der Waals surface area contributed by atoms with Crippen LogP contribution in [0.2, 0.25) is 0 Å². The van der Waals surface area contributed by atoms with Crippen LogP contribution in [0.5, 0.6) is 0 Å². The van der Waals surface area contributed by atoms with Gasteiger partial charge in [0.15, 0.2) is 0 Å². The summed E-state index contributed by atoms with van der Waals surface area (Å²) in [6.07, 6.45) is 5.46. The highest BCUT2D eigenvalue weighted by atomic mass is 15.3. The van der Waals surface area contributed by atoms with Crippen molar-refractivity contribution in [3.8, 4) is 0 Å². The Morgan fingerprint density at radius 1 is 1.16 bits per heavy atom. The molecule has 3 heteroatoms. The van der Waals surface area contributed by atoms with E-state index in [4.69, 9.17) is 0 Å². The van der Waals surface area contributed by atoms with E-state index >= 15 is 0 Å². The monoisotopic (exact) mass is 267 g/mol. The molecule has 2 rings (SSSR count). The molecule has 0 spiro atoms. The van der Waals surface area contributed by atoms with E-state index < -0.39 is 0 Å².